The van der Waals surface area contributed by atoms with E-state index in [-0.39, 0.29) is 0 Å². The van der Waals surface area contributed by atoms with Crippen LogP contribution in [-0.4, -0.2) is 29.1 Å². The fourth-order valence-corrected chi connectivity index (χ4v) is 13.5. The molecule has 336 valence electrons. The number of pyridine rings is 2. The first-order chi connectivity index (χ1) is 35.7. The first-order valence-electron chi connectivity index (χ1n) is 24.0. The molecule has 14 aromatic rings. The molecule has 5 aromatic heterocycles. The van der Waals surface area contributed by atoms with Gasteiger partial charge in [-0.05, 0) is 109 Å². The van der Waals surface area contributed by atoms with Crippen LogP contribution in [0.5, 0.6) is 0 Å². The maximum absolute atomic E-state index is 5.65. The molecule has 0 spiro atoms. The fourth-order valence-electron chi connectivity index (χ4n) is 11.3. The number of hydrogen-bond acceptors (Lipinski definition) is 8. The number of anilines is 6. The number of aromatic nitrogens is 6. The Bertz CT molecular complexity index is 4240. The van der Waals surface area contributed by atoms with Crippen molar-refractivity contribution in [2.45, 2.75) is 19.6 Å². The molecular formula is C62H36N8S2. The van der Waals surface area contributed by atoms with Crippen LogP contribution in [0.2, 0.25) is 0 Å². The molecule has 2 aliphatic rings. The fraction of sp³-hybridized carbons (Fsp3) is 0. The minimum atomic E-state index is 0.762. The van der Waals surface area contributed by atoms with E-state index < -0.39 is 0 Å². The van der Waals surface area contributed by atoms with E-state index in [1.807, 2.05) is 0 Å². The number of rotatable bonds is 4. The highest BCUT2D eigenvalue weighted by Crippen LogP contribution is 2.54. The molecule has 2 aliphatic heterocycles. The van der Waals surface area contributed by atoms with E-state index in [1.165, 1.54) is 43.6 Å². The van der Waals surface area contributed by atoms with Gasteiger partial charge in [-0.3, -0.25) is 19.8 Å². The molecule has 0 amide bonds. The summed E-state index contributed by atoms with van der Waals surface area (Å²) >= 11 is 3.59. The molecule has 7 heterocycles. The van der Waals surface area contributed by atoms with Gasteiger partial charge in [0.2, 0.25) is 0 Å². The maximum atomic E-state index is 5.65. The molecule has 0 aliphatic carbocycles. The van der Waals surface area contributed by atoms with Gasteiger partial charge in [-0.2, -0.15) is 0 Å². The van der Waals surface area contributed by atoms with Gasteiger partial charge in [0.1, 0.15) is 22.7 Å². The number of fused-ring (bicyclic) bond motifs is 16. The normalized spacial score (nSPS) is 13.1. The van der Waals surface area contributed by atoms with Gasteiger partial charge in [-0.25, -0.2) is 9.97 Å². The van der Waals surface area contributed by atoms with Crippen LogP contribution in [0.1, 0.15) is 0 Å². The molecule has 0 radical (unpaired) electrons. The van der Waals surface area contributed by atoms with Gasteiger partial charge < -0.3 is 9.13 Å². The highest BCUT2D eigenvalue weighted by Gasteiger charge is 2.30. The van der Waals surface area contributed by atoms with Gasteiger partial charge in [0.15, 0.2) is 0 Å². The van der Waals surface area contributed by atoms with Gasteiger partial charge in [-0.1, -0.05) is 121 Å². The van der Waals surface area contributed by atoms with Crippen molar-refractivity contribution >= 4 is 134 Å². The van der Waals surface area contributed by atoms with Gasteiger partial charge in [0.05, 0.1) is 55.8 Å². The number of nitrogens with zero attached hydrogens (tertiary/aromatic N) is 8. The lowest BCUT2D eigenvalue weighted by Gasteiger charge is -2.33. The third-order valence-corrected chi connectivity index (χ3v) is 16.6. The average molecular weight is 957 g/mol. The second-order valence-corrected chi connectivity index (χ2v) is 20.4. The smallest absolute Gasteiger partial charge is 0.138 e. The summed E-state index contributed by atoms with van der Waals surface area (Å²) in [6.45, 7) is 0. The average Bonchev–Trinajstić information content (AvgIpc) is 3.96. The van der Waals surface area contributed by atoms with Crippen molar-refractivity contribution in [3.05, 3.63) is 219 Å². The Morgan fingerprint density at radius 1 is 0.292 bits per heavy atom. The Morgan fingerprint density at radius 3 is 1.07 bits per heavy atom. The van der Waals surface area contributed by atoms with E-state index in [9.17, 15) is 0 Å². The molecule has 0 saturated carbocycles. The number of hydrogen-bond donors (Lipinski definition) is 0. The first-order valence-corrected chi connectivity index (χ1v) is 25.6. The van der Waals surface area contributed by atoms with Crippen molar-refractivity contribution in [2.24, 2.45) is 0 Å². The second-order valence-electron chi connectivity index (χ2n) is 18.2. The summed E-state index contributed by atoms with van der Waals surface area (Å²) < 4.78 is 4.77. The molecular weight excluding hydrogens is 921 g/mol. The molecule has 0 atom stereocenters. The lowest BCUT2D eigenvalue weighted by Crippen LogP contribution is -2.17. The summed E-state index contributed by atoms with van der Waals surface area (Å²) in [5, 5.41) is 6.75. The lowest BCUT2D eigenvalue weighted by molar-refractivity contribution is 1.10. The molecule has 9 aromatic carbocycles. The van der Waals surface area contributed by atoms with Crippen LogP contribution in [-0.2, 0) is 0 Å². The van der Waals surface area contributed by atoms with Gasteiger partial charge in [0, 0.05) is 75.7 Å². The Balaban J connectivity index is 0.878. The van der Waals surface area contributed by atoms with E-state index in [1.54, 1.807) is 35.9 Å². The summed E-state index contributed by atoms with van der Waals surface area (Å²) in [5.74, 6) is 1.58. The van der Waals surface area contributed by atoms with E-state index in [0.29, 0.717) is 0 Å². The second kappa shape index (κ2) is 15.3. The van der Waals surface area contributed by atoms with E-state index in [2.05, 4.69) is 225 Å². The van der Waals surface area contributed by atoms with Crippen LogP contribution < -0.4 is 9.80 Å². The van der Waals surface area contributed by atoms with Crippen LogP contribution in [0.15, 0.2) is 238 Å². The largest absolute Gasteiger partial charge is 0.309 e. The Hall–Kier alpha value is -8.96. The van der Waals surface area contributed by atoms with Crippen LogP contribution in [0.4, 0.5) is 34.4 Å². The van der Waals surface area contributed by atoms with E-state index in [0.717, 1.165) is 98.2 Å². The summed E-state index contributed by atoms with van der Waals surface area (Å²) in [6.07, 6.45) is 3.53. The van der Waals surface area contributed by atoms with E-state index in [4.69, 9.17) is 19.9 Å². The number of benzene rings is 9. The lowest BCUT2D eigenvalue weighted by atomic mass is 10.1. The SMILES string of the molecule is c1ccc2c(c1)Sc1cc(-n3c4ccccc4c4ccccc43)ccc1N2c1ccc2c3nccnc3c3ccc(N4c5ccccc5Sc5cc(-n6c7ccccc7c7ccccc76)ccc54)nc3c2n1. The summed E-state index contributed by atoms with van der Waals surface area (Å²) in [6, 6.07) is 74.1. The van der Waals surface area contributed by atoms with Crippen molar-refractivity contribution in [2.75, 3.05) is 9.80 Å². The molecule has 72 heavy (non-hydrogen) atoms. The predicted octanol–water partition coefficient (Wildman–Crippen LogP) is 16.8. The zero-order valence-electron chi connectivity index (χ0n) is 38.2. The highest BCUT2D eigenvalue weighted by atomic mass is 32.2. The minimum absolute atomic E-state index is 0.762. The van der Waals surface area contributed by atoms with Crippen LogP contribution >= 0.6 is 23.5 Å². The quantitative estimate of drug-likeness (QED) is 0.162. The molecule has 8 nitrogen and oxygen atoms in total. The first kappa shape index (κ1) is 39.8. The van der Waals surface area contributed by atoms with Gasteiger partial charge in [-0.15, -0.1) is 0 Å². The third kappa shape index (κ3) is 5.73. The van der Waals surface area contributed by atoms with E-state index >= 15 is 0 Å². The molecule has 0 bridgehead atoms. The van der Waals surface area contributed by atoms with Crippen molar-refractivity contribution < 1.29 is 0 Å². The zero-order chi connectivity index (χ0) is 47.0. The Morgan fingerprint density at radius 2 is 0.653 bits per heavy atom. The van der Waals surface area contributed by atoms with Crippen LogP contribution in [0.3, 0.4) is 0 Å². The monoisotopic (exact) mass is 956 g/mol. The molecule has 0 unspecified atom stereocenters. The molecule has 0 N–H and O–H groups in total. The standard InChI is InChI=1S/C62H36N8S2/c1-5-17-45-39(13-1)40-14-2-6-18-46(40)67(45)37-25-29-51-55(35-37)71-53-23-11-9-21-49(53)69(51)57-31-27-43-59-60(64-34-33-63-59)44-28-32-58(66-62(44)61(43)65-57)70-50-22-10-12-24-54(50)72-56-36-38(26-30-52(56)70)68-47-19-7-3-15-41(47)42-16-4-8-20-48(42)68/h1-36H. The molecule has 16 rings (SSSR count). The van der Waals surface area contributed by atoms with Crippen LogP contribution in [0, 0.1) is 0 Å². The van der Waals surface area contributed by atoms with Crippen molar-refractivity contribution in [1.82, 2.24) is 29.1 Å². The maximum Gasteiger partial charge on any atom is 0.138 e. The van der Waals surface area contributed by atoms with Gasteiger partial charge in [0.25, 0.3) is 0 Å². The van der Waals surface area contributed by atoms with Crippen molar-refractivity contribution in [1.29, 1.82) is 0 Å². The van der Waals surface area contributed by atoms with Crippen molar-refractivity contribution in [3.8, 4) is 11.4 Å². The molecule has 0 saturated heterocycles. The Labute approximate surface area is 420 Å². The van der Waals surface area contributed by atoms with Crippen molar-refractivity contribution in [3.63, 3.8) is 0 Å². The Kier molecular flexibility index (Phi) is 8.45. The third-order valence-electron chi connectivity index (χ3n) is 14.3. The minimum Gasteiger partial charge on any atom is -0.309 e. The summed E-state index contributed by atoms with van der Waals surface area (Å²) in [7, 11) is 0. The highest BCUT2D eigenvalue weighted by molar-refractivity contribution is 8.00. The molecule has 10 heteroatoms. The zero-order valence-corrected chi connectivity index (χ0v) is 39.8. The summed E-state index contributed by atoms with van der Waals surface area (Å²) in [5.41, 5.74) is 14.3. The van der Waals surface area contributed by atoms with Gasteiger partial charge >= 0.3 is 0 Å². The topological polar surface area (TPSA) is 67.9 Å². The number of para-hydroxylation sites is 6. The van der Waals surface area contributed by atoms with Crippen LogP contribution in [0.25, 0.3) is 87.8 Å². The predicted molar refractivity (Wildman–Crippen MR) is 296 cm³/mol. The molecule has 0 fully saturated rings. The summed E-state index contributed by atoms with van der Waals surface area (Å²) in [4.78, 5) is 30.4.